The number of hydrogen-bond acceptors (Lipinski definition) is 6. The van der Waals surface area contributed by atoms with Gasteiger partial charge in [-0.1, -0.05) is 6.92 Å². The third-order valence-electron chi connectivity index (χ3n) is 2.81. The van der Waals surface area contributed by atoms with Crippen molar-refractivity contribution in [1.29, 1.82) is 0 Å². The number of aryl methyl sites for hydroxylation is 2. The van der Waals surface area contributed by atoms with Crippen LogP contribution in [-0.2, 0) is 29.5 Å². The van der Waals surface area contributed by atoms with Gasteiger partial charge in [-0.05, 0) is 17.9 Å². The summed E-state index contributed by atoms with van der Waals surface area (Å²) < 4.78 is 32.5. The Hall–Kier alpha value is -1.22. The molecule has 0 atom stereocenters. The summed E-state index contributed by atoms with van der Waals surface area (Å²) in [5, 5.41) is 1.79. The van der Waals surface area contributed by atoms with Crippen molar-refractivity contribution in [3.05, 3.63) is 33.7 Å². The Bertz CT molecular complexity index is 689. The van der Waals surface area contributed by atoms with E-state index in [-0.39, 0.29) is 18.0 Å². The van der Waals surface area contributed by atoms with Crippen molar-refractivity contribution in [3.8, 4) is 0 Å². The maximum atomic E-state index is 12.3. The number of oxazole rings is 1. The van der Waals surface area contributed by atoms with E-state index in [4.69, 9.17) is 10.2 Å². The number of hydrogen-bond donors (Lipinski definition) is 2. The van der Waals surface area contributed by atoms with E-state index in [1.54, 1.807) is 18.5 Å². The summed E-state index contributed by atoms with van der Waals surface area (Å²) in [6.45, 7) is 3.93. The number of nitrogens with zero attached hydrogens (tertiary/aromatic N) is 1. The summed E-state index contributed by atoms with van der Waals surface area (Å²) in [4.78, 5) is 4.94. The average Bonchev–Trinajstić information content (AvgIpc) is 3.02. The van der Waals surface area contributed by atoms with Crippen LogP contribution in [0.3, 0.4) is 0 Å². The molecule has 0 amide bonds. The molecule has 6 nitrogen and oxygen atoms in total. The zero-order chi connectivity index (χ0) is 14.8. The number of rotatable bonds is 6. The fraction of sp³-hybridized carbons (Fsp3) is 0.417. The Kier molecular flexibility index (Phi) is 4.59. The van der Waals surface area contributed by atoms with Crippen LogP contribution in [0.5, 0.6) is 0 Å². The molecule has 0 aromatic carbocycles. The van der Waals surface area contributed by atoms with Gasteiger partial charge in [0.1, 0.15) is 10.7 Å². The first-order valence-corrected chi connectivity index (χ1v) is 8.54. The minimum Gasteiger partial charge on any atom is -0.444 e. The minimum absolute atomic E-state index is 0.0294. The van der Waals surface area contributed by atoms with Gasteiger partial charge in [0.05, 0.1) is 12.7 Å². The lowest BCUT2D eigenvalue weighted by atomic mass is 10.3. The highest BCUT2D eigenvalue weighted by molar-refractivity contribution is 7.89. The molecule has 0 radical (unpaired) electrons. The van der Waals surface area contributed by atoms with Crippen LogP contribution in [0.1, 0.15) is 29.0 Å². The summed E-state index contributed by atoms with van der Waals surface area (Å²) in [6.07, 6.45) is 2.32. The molecule has 0 bridgehead atoms. The molecule has 0 spiro atoms. The summed E-state index contributed by atoms with van der Waals surface area (Å²) in [7, 11) is -3.61. The van der Waals surface area contributed by atoms with Gasteiger partial charge in [-0.15, -0.1) is 11.3 Å². The molecule has 8 heteroatoms. The van der Waals surface area contributed by atoms with Gasteiger partial charge >= 0.3 is 0 Å². The smallest absolute Gasteiger partial charge is 0.242 e. The number of nitrogens with two attached hydrogens (primary N) is 1. The third kappa shape index (κ3) is 3.09. The largest absolute Gasteiger partial charge is 0.444 e. The zero-order valence-corrected chi connectivity index (χ0v) is 13.0. The van der Waals surface area contributed by atoms with Gasteiger partial charge in [0.15, 0.2) is 0 Å². The minimum atomic E-state index is -3.61. The van der Waals surface area contributed by atoms with Crippen molar-refractivity contribution >= 4 is 21.4 Å². The van der Waals surface area contributed by atoms with Gasteiger partial charge in [0, 0.05) is 17.8 Å². The van der Waals surface area contributed by atoms with E-state index in [2.05, 4.69) is 9.71 Å². The number of sulfonamides is 1. The predicted molar refractivity (Wildman–Crippen MR) is 76.9 cm³/mol. The van der Waals surface area contributed by atoms with Crippen molar-refractivity contribution < 1.29 is 12.8 Å². The first-order chi connectivity index (χ1) is 9.47. The molecule has 0 unspecified atom stereocenters. The molecule has 2 aromatic heterocycles. The SMILES string of the molecule is CCc1cnc(CNS(=O)(=O)c2c(C)csc2CN)o1. The Morgan fingerprint density at radius 3 is 2.85 bits per heavy atom. The van der Waals surface area contributed by atoms with Crippen molar-refractivity contribution in [1.82, 2.24) is 9.71 Å². The van der Waals surface area contributed by atoms with Gasteiger partial charge in [0.2, 0.25) is 15.9 Å². The molecular weight excluding hydrogens is 298 g/mol. The molecule has 0 aliphatic rings. The Labute approximate surface area is 122 Å². The van der Waals surface area contributed by atoms with Crippen LogP contribution < -0.4 is 10.5 Å². The quantitative estimate of drug-likeness (QED) is 0.842. The molecule has 0 saturated heterocycles. The molecule has 20 heavy (non-hydrogen) atoms. The number of nitrogens with one attached hydrogen (secondary N) is 1. The van der Waals surface area contributed by atoms with Crippen LogP contribution in [0, 0.1) is 6.92 Å². The molecular formula is C12H17N3O3S2. The Morgan fingerprint density at radius 2 is 2.25 bits per heavy atom. The summed E-state index contributed by atoms with van der Waals surface area (Å²) >= 11 is 1.35. The molecule has 110 valence electrons. The highest BCUT2D eigenvalue weighted by Crippen LogP contribution is 2.26. The van der Waals surface area contributed by atoms with Crippen LogP contribution in [-0.4, -0.2) is 13.4 Å². The van der Waals surface area contributed by atoms with Crippen molar-refractivity contribution in [3.63, 3.8) is 0 Å². The summed E-state index contributed by atoms with van der Waals surface area (Å²) in [5.74, 6) is 1.08. The second-order valence-electron chi connectivity index (χ2n) is 4.27. The summed E-state index contributed by atoms with van der Waals surface area (Å²) in [5.41, 5.74) is 6.28. The highest BCUT2D eigenvalue weighted by atomic mass is 32.2. The van der Waals surface area contributed by atoms with Crippen LogP contribution in [0.2, 0.25) is 0 Å². The van der Waals surface area contributed by atoms with Crippen molar-refractivity contribution in [2.45, 2.75) is 38.3 Å². The first kappa shape index (κ1) is 15.2. The van der Waals surface area contributed by atoms with Crippen LogP contribution >= 0.6 is 11.3 Å². The Balaban J connectivity index is 2.17. The molecule has 3 N–H and O–H groups in total. The average molecular weight is 315 g/mol. The topological polar surface area (TPSA) is 98.2 Å². The van der Waals surface area contributed by atoms with E-state index < -0.39 is 10.0 Å². The second kappa shape index (κ2) is 6.04. The molecule has 2 rings (SSSR count). The van der Waals surface area contributed by atoms with Gasteiger partial charge in [-0.25, -0.2) is 18.1 Å². The van der Waals surface area contributed by atoms with Gasteiger partial charge in [-0.2, -0.15) is 0 Å². The lowest BCUT2D eigenvalue weighted by molar-refractivity contribution is 0.452. The van der Waals surface area contributed by atoms with E-state index in [1.165, 1.54) is 11.3 Å². The molecule has 0 fully saturated rings. The first-order valence-electron chi connectivity index (χ1n) is 6.18. The molecule has 2 aromatic rings. The van der Waals surface area contributed by atoms with E-state index in [1.807, 2.05) is 6.92 Å². The Morgan fingerprint density at radius 1 is 1.50 bits per heavy atom. The van der Waals surface area contributed by atoms with Crippen LogP contribution in [0.15, 0.2) is 20.9 Å². The van der Waals surface area contributed by atoms with Crippen molar-refractivity contribution in [2.75, 3.05) is 0 Å². The highest BCUT2D eigenvalue weighted by Gasteiger charge is 2.22. The van der Waals surface area contributed by atoms with E-state index in [0.29, 0.717) is 16.3 Å². The molecule has 0 saturated carbocycles. The monoisotopic (exact) mass is 315 g/mol. The van der Waals surface area contributed by atoms with E-state index in [9.17, 15) is 8.42 Å². The standard InChI is InChI=1S/C12H17N3O3S2/c1-3-9-5-14-11(18-9)6-15-20(16,17)12-8(2)7-19-10(12)4-13/h5,7,15H,3-4,6,13H2,1-2H3. The predicted octanol–water partition coefficient (Wildman–Crippen LogP) is 1.54. The molecule has 0 aliphatic heterocycles. The normalized spacial score (nSPS) is 11.9. The van der Waals surface area contributed by atoms with Crippen molar-refractivity contribution in [2.24, 2.45) is 5.73 Å². The van der Waals surface area contributed by atoms with Gasteiger partial charge < -0.3 is 10.2 Å². The fourth-order valence-corrected chi connectivity index (χ4v) is 4.48. The van der Waals surface area contributed by atoms with Crippen LogP contribution in [0.25, 0.3) is 0 Å². The van der Waals surface area contributed by atoms with E-state index in [0.717, 1.165) is 12.2 Å². The summed E-state index contributed by atoms with van der Waals surface area (Å²) in [6, 6.07) is 0. The van der Waals surface area contributed by atoms with Crippen LogP contribution in [0.4, 0.5) is 0 Å². The second-order valence-corrected chi connectivity index (χ2v) is 6.94. The lowest BCUT2D eigenvalue weighted by Crippen LogP contribution is -2.24. The number of aromatic nitrogens is 1. The maximum absolute atomic E-state index is 12.3. The lowest BCUT2D eigenvalue weighted by Gasteiger charge is -2.06. The molecule has 0 aliphatic carbocycles. The van der Waals surface area contributed by atoms with Gasteiger partial charge in [0.25, 0.3) is 0 Å². The third-order valence-corrected chi connectivity index (χ3v) is 5.69. The van der Waals surface area contributed by atoms with E-state index >= 15 is 0 Å². The maximum Gasteiger partial charge on any atom is 0.242 e. The zero-order valence-electron chi connectivity index (χ0n) is 11.3. The fourth-order valence-electron chi connectivity index (χ4n) is 1.81. The number of thiophene rings is 1. The molecule has 2 heterocycles. The van der Waals surface area contributed by atoms with Gasteiger partial charge in [-0.3, -0.25) is 0 Å².